The van der Waals surface area contributed by atoms with Gasteiger partial charge in [-0.05, 0) is 65.1 Å². The zero-order chi connectivity index (χ0) is 16.7. The lowest BCUT2D eigenvalue weighted by atomic mass is 10.2. The summed E-state index contributed by atoms with van der Waals surface area (Å²) in [4.78, 5) is 23.8. The van der Waals surface area contributed by atoms with E-state index >= 15 is 0 Å². The van der Waals surface area contributed by atoms with Crippen LogP contribution in [0.1, 0.15) is 16.8 Å². The topological polar surface area (TPSA) is 67.4 Å². The molecule has 5 nitrogen and oxygen atoms in total. The molecular formula is C17H17IN2O3. The number of nitrogens with one attached hydrogen (secondary N) is 2. The van der Waals surface area contributed by atoms with Gasteiger partial charge in [0.25, 0.3) is 5.91 Å². The van der Waals surface area contributed by atoms with Crippen molar-refractivity contribution in [2.24, 2.45) is 0 Å². The molecule has 0 heterocycles. The molecule has 2 amide bonds. The zero-order valence-electron chi connectivity index (χ0n) is 12.6. The summed E-state index contributed by atoms with van der Waals surface area (Å²) in [6.45, 7) is 0.270. The number of rotatable bonds is 6. The summed E-state index contributed by atoms with van der Waals surface area (Å²) in [5, 5.41) is 5.51. The highest BCUT2D eigenvalue weighted by molar-refractivity contribution is 14.1. The predicted molar refractivity (Wildman–Crippen MR) is 97.7 cm³/mol. The summed E-state index contributed by atoms with van der Waals surface area (Å²) in [7, 11) is 1.55. The van der Waals surface area contributed by atoms with Gasteiger partial charge in [0.15, 0.2) is 0 Å². The molecule has 2 N–H and O–H groups in total. The first kappa shape index (κ1) is 17.3. The molecule has 0 aliphatic heterocycles. The van der Waals surface area contributed by atoms with Gasteiger partial charge in [-0.15, -0.1) is 0 Å². The number of ether oxygens (including phenoxy) is 1. The summed E-state index contributed by atoms with van der Waals surface area (Å²) in [5.74, 6) is 0.247. The molecule has 2 aromatic carbocycles. The third-order valence-electron chi connectivity index (χ3n) is 3.10. The number of carbonyl (C=O) groups is 2. The summed E-state index contributed by atoms with van der Waals surface area (Å²) in [6.07, 6.45) is 0.210. The van der Waals surface area contributed by atoms with Crippen molar-refractivity contribution in [3.63, 3.8) is 0 Å². The third-order valence-corrected chi connectivity index (χ3v) is 3.82. The Hall–Kier alpha value is -2.09. The minimum Gasteiger partial charge on any atom is -0.497 e. The first-order chi connectivity index (χ1) is 11.1. The van der Waals surface area contributed by atoms with E-state index in [0.717, 1.165) is 9.26 Å². The number of carbonyl (C=O) groups excluding carboxylic acids is 2. The van der Waals surface area contributed by atoms with Crippen LogP contribution in [0.25, 0.3) is 0 Å². The summed E-state index contributed by atoms with van der Waals surface area (Å²) in [6, 6.07) is 14.4. The normalized spacial score (nSPS) is 10.0. The fourth-order valence-corrected chi connectivity index (χ4v) is 2.27. The van der Waals surface area contributed by atoms with Gasteiger partial charge in [-0.3, -0.25) is 9.59 Å². The average Bonchev–Trinajstić information content (AvgIpc) is 2.57. The molecule has 0 aliphatic rings. The number of anilines is 1. The molecule has 0 radical (unpaired) electrons. The van der Waals surface area contributed by atoms with Crippen LogP contribution in [0.4, 0.5) is 5.69 Å². The lowest BCUT2D eigenvalue weighted by Gasteiger charge is -2.08. The Labute approximate surface area is 148 Å². The van der Waals surface area contributed by atoms with Crippen LogP contribution in [0.15, 0.2) is 48.5 Å². The Balaban J connectivity index is 1.78. The third kappa shape index (κ3) is 5.55. The number of hydrogen-bond acceptors (Lipinski definition) is 3. The van der Waals surface area contributed by atoms with Crippen LogP contribution in [0.3, 0.4) is 0 Å². The minimum absolute atomic E-state index is 0.142. The van der Waals surface area contributed by atoms with E-state index < -0.39 is 0 Å². The van der Waals surface area contributed by atoms with E-state index in [1.54, 1.807) is 31.4 Å². The molecule has 2 rings (SSSR count). The summed E-state index contributed by atoms with van der Waals surface area (Å²) >= 11 is 2.20. The van der Waals surface area contributed by atoms with Gasteiger partial charge in [0.05, 0.1) is 7.11 Å². The molecule has 0 spiro atoms. The molecule has 0 unspecified atom stereocenters. The Morgan fingerprint density at radius 1 is 1.13 bits per heavy atom. The van der Waals surface area contributed by atoms with Crippen LogP contribution in [-0.4, -0.2) is 25.5 Å². The Kier molecular flexibility index (Phi) is 6.40. The predicted octanol–water partition coefficient (Wildman–Crippen LogP) is 3.06. The van der Waals surface area contributed by atoms with Crippen molar-refractivity contribution >= 4 is 40.1 Å². The van der Waals surface area contributed by atoms with E-state index in [9.17, 15) is 9.59 Å². The first-order valence-corrected chi connectivity index (χ1v) is 8.14. The van der Waals surface area contributed by atoms with Gasteiger partial charge in [0.2, 0.25) is 5.91 Å². The van der Waals surface area contributed by atoms with Crippen molar-refractivity contribution < 1.29 is 14.3 Å². The zero-order valence-corrected chi connectivity index (χ0v) is 14.8. The molecule has 0 saturated carbocycles. The fraction of sp³-hybridized carbons (Fsp3) is 0.176. The van der Waals surface area contributed by atoms with E-state index in [4.69, 9.17) is 4.74 Å². The van der Waals surface area contributed by atoms with Crippen molar-refractivity contribution in [1.29, 1.82) is 0 Å². The molecule has 0 saturated heterocycles. The van der Waals surface area contributed by atoms with Crippen LogP contribution in [0.2, 0.25) is 0 Å². The quantitative estimate of drug-likeness (QED) is 0.701. The van der Waals surface area contributed by atoms with Gasteiger partial charge in [0, 0.05) is 27.8 Å². The maximum absolute atomic E-state index is 12.0. The van der Waals surface area contributed by atoms with E-state index in [2.05, 4.69) is 33.2 Å². The van der Waals surface area contributed by atoms with E-state index in [1.807, 2.05) is 24.3 Å². The van der Waals surface area contributed by atoms with Gasteiger partial charge in [-0.1, -0.05) is 6.07 Å². The maximum Gasteiger partial charge on any atom is 0.251 e. The Bertz CT molecular complexity index is 686. The van der Waals surface area contributed by atoms with Gasteiger partial charge in [0.1, 0.15) is 5.75 Å². The summed E-state index contributed by atoms with van der Waals surface area (Å²) in [5.41, 5.74) is 1.25. The summed E-state index contributed by atoms with van der Waals surface area (Å²) < 4.78 is 6.18. The molecule has 0 bridgehead atoms. The van der Waals surface area contributed by atoms with Crippen molar-refractivity contribution in [3.05, 3.63) is 57.7 Å². The highest BCUT2D eigenvalue weighted by Crippen LogP contribution is 2.13. The lowest BCUT2D eigenvalue weighted by Crippen LogP contribution is -2.27. The Morgan fingerprint density at radius 3 is 2.57 bits per heavy atom. The highest BCUT2D eigenvalue weighted by Gasteiger charge is 2.08. The average molecular weight is 424 g/mol. The van der Waals surface area contributed by atoms with Gasteiger partial charge >= 0.3 is 0 Å². The van der Waals surface area contributed by atoms with E-state index in [0.29, 0.717) is 11.3 Å². The van der Waals surface area contributed by atoms with Gasteiger partial charge in [-0.25, -0.2) is 0 Å². The molecule has 0 atom stereocenters. The van der Waals surface area contributed by atoms with Crippen molar-refractivity contribution in [3.8, 4) is 5.75 Å². The molecule has 0 aliphatic carbocycles. The van der Waals surface area contributed by atoms with Crippen molar-refractivity contribution in [2.75, 3.05) is 19.0 Å². The first-order valence-electron chi connectivity index (χ1n) is 7.06. The van der Waals surface area contributed by atoms with Crippen LogP contribution in [0.5, 0.6) is 5.75 Å². The SMILES string of the molecule is COc1cccc(C(=O)NCCC(=O)Nc2ccc(I)cc2)c1. The number of halogens is 1. The van der Waals surface area contributed by atoms with Gasteiger partial charge in [-0.2, -0.15) is 0 Å². The minimum atomic E-state index is -0.231. The second-order valence-electron chi connectivity index (χ2n) is 4.79. The molecule has 6 heteroatoms. The molecular weight excluding hydrogens is 407 g/mol. The standard InChI is InChI=1S/C17H17IN2O3/c1-23-15-4-2-3-12(11-15)17(22)19-10-9-16(21)20-14-7-5-13(18)6-8-14/h2-8,11H,9-10H2,1H3,(H,19,22)(H,20,21). The fourth-order valence-electron chi connectivity index (χ4n) is 1.91. The number of methoxy groups -OCH3 is 1. The Morgan fingerprint density at radius 2 is 1.87 bits per heavy atom. The highest BCUT2D eigenvalue weighted by atomic mass is 127. The van der Waals surface area contributed by atoms with E-state index in [1.165, 1.54) is 0 Å². The molecule has 23 heavy (non-hydrogen) atoms. The smallest absolute Gasteiger partial charge is 0.251 e. The second-order valence-corrected chi connectivity index (χ2v) is 6.04. The lowest BCUT2D eigenvalue weighted by molar-refractivity contribution is -0.116. The molecule has 0 fully saturated rings. The number of benzene rings is 2. The molecule has 120 valence electrons. The monoisotopic (exact) mass is 424 g/mol. The molecule has 2 aromatic rings. The van der Waals surface area contributed by atoms with Crippen molar-refractivity contribution in [1.82, 2.24) is 5.32 Å². The maximum atomic E-state index is 12.0. The molecule has 0 aromatic heterocycles. The van der Waals surface area contributed by atoms with Crippen LogP contribution in [-0.2, 0) is 4.79 Å². The largest absolute Gasteiger partial charge is 0.497 e. The van der Waals surface area contributed by atoms with Crippen LogP contribution < -0.4 is 15.4 Å². The van der Waals surface area contributed by atoms with E-state index in [-0.39, 0.29) is 24.8 Å². The second kappa shape index (κ2) is 8.52. The number of hydrogen-bond donors (Lipinski definition) is 2. The van der Waals surface area contributed by atoms with Crippen molar-refractivity contribution in [2.45, 2.75) is 6.42 Å². The number of amides is 2. The van der Waals surface area contributed by atoms with Crippen LogP contribution in [0, 0.1) is 3.57 Å². The van der Waals surface area contributed by atoms with Gasteiger partial charge < -0.3 is 15.4 Å². The van der Waals surface area contributed by atoms with Crippen LogP contribution >= 0.6 is 22.6 Å².